The zero-order chi connectivity index (χ0) is 10.2. The maximum absolute atomic E-state index is 4.19. The van der Waals surface area contributed by atoms with E-state index in [-0.39, 0.29) is 0 Å². The van der Waals surface area contributed by atoms with Gasteiger partial charge in [0.2, 0.25) is 0 Å². The van der Waals surface area contributed by atoms with Crippen LogP contribution in [0.1, 0.15) is 19.5 Å². The second kappa shape index (κ2) is 5.92. The molecule has 1 rings (SSSR count). The van der Waals surface area contributed by atoms with Gasteiger partial charge in [0, 0.05) is 6.20 Å². The fraction of sp³-hybridized carbons (Fsp3) is 0.154. The van der Waals surface area contributed by atoms with Gasteiger partial charge in [0.25, 0.3) is 0 Å². The molecular formula is C13H15N. The molecule has 0 spiro atoms. The summed E-state index contributed by atoms with van der Waals surface area (Å²) in [6.07, 6.45) is 12.0. The Hall–Kier alpha value is -1.63. The van der Waals surface area contributed by atoms with E-state index in [1.165, 1.54) is 5.57 Å². The van der Waals surface area contributed by atoms with Crippen molar-refractivity contribution in [1.29, 1.82) is 0 Å². The fourth-order valence-corrected chi connectivity index (χ4v) is 1.09. The predicted molar refractivity (Wildman–Crippen MR) is 61.8 cm³/mol. The third-order valence-electron chi connectivity index (χ3n) is 1.74. The molecule has 0 radical (unpaired) electrons. The standard InChI is InChI=1S/C13H15N/c1-3-7-12(2)8-6-10-13-9-4-5-11-14-13/h3-11H,1-2H3/b7-3-,10-6+,12-8-. The van der Waals surface area contributed by atoms with Crippen LogP contribution in [0, 0.1) is 0 Å². The van der Waals surface area contributed by atoms with Gasteiger partial charge in [-0.15, -0.1) is 0 Å². The van der Waals surface area contributed by atoms with Crippen molar-refractivity contribution in [2.45, 2.75) is 13.8 Å². The van der Waals surface area contributed by atoms with E-state index >= 15 is 0 Å². The molecular weight excluding hydrogens is 170 g/mol. The summed E-state index contributed by atoms with van der Waals surface area (Å²) >= 11 is 0. The molecule has 0 unspecified atom stereocenters. The molecule has 1 aromatic heterocycles. The Morgan fingerprint density at radius 2 is 2.21 bits per heavy atom. The summed E-state index contributed by atoms with van der Waals surface area (Å²) in [5, 5.41) is 0. The van der Waals surface area contributed by atoms with Gasteiger partial charge in [0.1, 0.15) is 0 Å². The van der Waals surface area contributed by atoms with E-state index in [0.29, 0.717) is 0 Å². The lowest BCUT2D eigenvalue weighted by molar-refractivity contribution is 1.30. The number of hydrogen-bond acceptors (Lipinski definition) is 1. The molecule has 0 saturated carbocycles. The molecule has 0 aliphatic rings. The van der Waals surface area contributed by atoms with Crippen LogP contribution in [-0.4, -0.2) is 4.98 Å². The Morgan fingerprint density at radius 1 is 1.36 bits per heavy atom. The highest BCUT2D eigenvalue weighted by atomic mass is 14.6. The Bertz CT molecular complexity index is 345. The van der Waals surface area contributed by atoms with Crippen molar-refractivity contribution < 1.29 is 0 Å². The lowest BCUT2D eigenvalue weighted by atomic mass is 10.2. The Balaban J connectivity index is 2.62. The van der Waals surface area contributed by atoms with E-state index in [1.54, 1.807) is 6.20 Å². The smallest absolute Gasteiger partial charge is 0.0629 e. The van der Waals surface area contributed by atoms with Crippen molar-refractivity contribution in [3.8, 4) is 0 Å². The van der Waals surface area contributed by atoms with Crippen LogP contribution < -0.4 is 0 Å². The third kappa shape index (κ3) is 3.85. The van der Waals surface area contributed by atoms with Crippen molar-refractivity contribution in [2.75, 3.05) is 0 Å². The first kappa shape index (κ1) is 10.5. The molecule has 0 fully saturated rings. The first-order chi connectivity index (χ1) is 6.83. The van der Waals surface area contributed by atoms with Crippen LogP contribution in [0.15, 0.2) is 54.3 Å². The topological polar surface area (TPSA) is 12.9 Å². The summed E-state index contributed by atoms with van der Waals surface area (Å²) in [5.41, 5.74) is 2.22. The number of nitrogens with zero attached hydrogens (tertiary/aromatic N) is 1. The van der Waals surface area contributed by atoms with Crippen LogP contribution in [-0.2, 0) is 0 Å². The van der Waals surface area contributed by atoms with Crippen molar-refractivity contribution in [3.05, 3.63) is 60.0 Å². The van der Waals surface area contributed by atoms with Gasteiger partial charge in [-0.1, -0.05) is 35.9 Å². The van der Waals surface area contributed by atoms with E-state index < -0.39 is 0 Å². The highest BCUT2D eigenvalue weighted by Gasteiger charge is 1.82. The minimum atomic E-state index is 0.983. The maximum atomic E-state index is 4.19. The van der Waals surface area contributed by atoms with Gasteiger partial charge < -0.3 is 0 Å². The Labute approximate surface area is 85.5 Å². The minimum Gasteiger partial charge on any atom is -0.257 e. The Kier molecular flexibility index (Phi) is 4.42. The molecule has 0 bridgehead atoms. The molecule has 0 aliphatic carbocycles. The van der Waals surface area contributed by atoms with E-state index in [9.17, 15) is 0 Å². The molecule has 0 saturated heterocycles. The van der Waals surface area contributed by atoms with Crippen molar-refractivity contribution >= 4 is 6.08 Å². The number of allylic oxidation sites excluding steroid dienone is 5. The first-order valence-electron chi connectivity index (χ1n) is 4.71. The van der Waals surface area contributed by atoms with Gasteiger partial charge in [-0.05, 0) is 32.1 Å². The number of hydrogen-bond donors (Lipinski definition) is 0. The van der Waals surface area contributed by atoms with Crippen LogP contribution in [0.2, 0.25) is 0 Å². The van der Waals surface area contributed by atoms with Crippen LogP contribution in [0.4, 0.5) is 0 Å². The molecule has 0 amide bonds. The van der Waals surface area contributed by atoms with E-state index in [1.807, 2.05) is 43.4 Å². The lowest BCUT2D eigenvalue weighted by Crippen LogP contribution is -1.75. The molecule has 14 heavy (non-hydrogen) atoms. The molecule has 1 nitrogen and oxygen atoms in total. The van der Waals surface area contributed by atoms with E-state index in [0.717, 1.165) is 5.69 Å². The number of rotatable bonds is 3. The third-order valence-corrected chi connectivity index (χ3v) is 1.74. The van der Waals surface area contributed by atoms with Crippen LogP contribution >= 0.6 is 0 Å². The second-order valence-corrected chi connectivity index (χ2v) is 3.02. The zero-order valence-electron chi connectivity index (χ0n) is 8.64. The molecule has 0 aliphatic heterocycles. The predicted octanol–water partition coefficient (Wildman–Crippen LogP) is 3.62. The molecule has 0 atom stereocenters. The maximum Gasteiger partial charge on any atom is 0.0629 e. The summed E-state index contributed by atoms with van der Waals surface area (Å²) in [4.78, 5) is 4.19. The molecule has 1 heteroatoms. The van der Waals surface area contributed by atoms with Crippen molar-refractivity contribution in [2.24, 2.45) is 0 Å². The van der Waals surface area contributed by atoms with E-state index in [2.05, 4.69) is 24.1 Å². The van der Waals surface area contributed by atoms with Crippen LogP contribution in [0.25, 0.3) is 6.08 Å². The SMILES string of the molecule is C\C=C/C(C)=C\C=C\c1ccccn1. The summed E-state index contributed by atoms with van der Waals surface area (Å²) in [7, 11) is 0. The lowest BCUT2D eigenvalue weighted by Gasteiger charge is -1.89. The van der Waals surface area contributed by atoms with Gasteiger partial charge in [-0.2, -0.15) is 0 Å². The quantitative estimate of drug-likeness (QED) is 0.655. The van der Waals surface area contributed by atoms with Crippen molar-refractivity contribution in [1.82, 2.24) is 4.98 Å². The average molecular weight is 185 g/mol. The van der Waals surface area contributed by atoms with Gasteiger partial charge in [-0.3, -0.25) is 4.98 Å². The molecule has 0 aromatic carbocycles. The van der Waals surface area contributed by atoms with Crippen LogP contribution in [0.3, 0.4) is 0 Å². The Morgan fingerprint density at radius 3 is 2.86 bits per heavy atom. The molecule has 0 N–H and O–H groups in total. The number of aromatic nitrogens is 1. The highest BCUT2D eigenvalue weighted by Crippen LogP contribution is 1.99. The summed E-state index contributed by atoms with van der Waals surface area (Å²) in [5.74, 6) is 0. The van der Waals surface area contributed by atoms with Gasteiger partial charge >= 0.3 is 0 Å². The summed E-state index contributed by atoms with van der Waals surface area (Å²) < 4.78 is 0. The van der Waals surface area contributed by atoms with Gasteiger partial charge in [0.15, 0.2) is 0 Å². The molecule has 1 aromatic rings. The second-order valence-electron chi connectivity index (χ2n) is 3.02. The summed E-state index contributed by atoms with van der Waals surface area (Å²) in [6.45, 7) is 4.09. The van der Waals surface area contributed by atoms with Crippen LogP contribution in [0.5, 0.6) is 0 Å². The zero-order valence-corrected chi connectivity index (χ0v) is 8.64. The molecule has 1 heterocycles. The minimum absolute atomic E-state index is 0.983. The first-order valence-corrected chi connectivity index (χ1v) is 4.71. The summed E-state index contributed by atoms with van der Waals surface area (Å²) in [6, 6.07) is 5.88. The molecule has 72 valence electrons. The monoisotopic (exact) mass is 185 g/mol. The van der Waals surface area contributed by atoms with Gasteiger partial charge in [0.05, 0.1) is 5.69 Å². The van der Waals surface area contributed by atoms with Crippen molar-refractivity contribution in [3.63, 3.8) is 0 Å². The highest BCUT2D eigenvalue weighted by molar-refractivity contribution is 5.47. The largest absolute Gasteiger partial charge is 0.257 e. The number of pyridine rings is 1. The average Bonchev–Trinajstić information content (AvgIpc) is 2.20. The van der Waals surface area contributed by atoms with Gasteiger partial charge in [-0.25, -0.2) is 0 Å². The normalized spacial score (nSPS) is 12.9. The fourth-order valence-electron chi connectivity index (χ4n) is 1.09. The van der Waals surface area contributed by atoms with E-state index in [4.69, 9.17) is 0 Å².